The molecule has 0 bridgehead atoms. The highest BCUT2D eigenvalue weighted by molar-refractivity contribution is 8.76. The molecule has 0 radical (unpaired) electrons. The molecule has 1 nitrogen and oxygen atoms in total. The van der Waals surface area contributed by atoms with E-state index in [2.05, 4.69) is 90.4 Å². The van der Waals surface area contributed by atoms with E-state index in [0.717, 1.165) is 23.1 Å². The summed E-state index contributed by atoms with van der Waals surface area (Å²) in [5.41, 5.74) is 0. The molecule has 1 aromatic heterocycles. The van der Waals surface area contributed by atoms with Crippen LogP contribution in [0.15, 0.2) is 78.0 Å². The summed E-state index contributed by atoms with van der Waals surface area (Å²) >= 11 is 0. The lowest BCUT2D eigenvalue weighted by Crippen LogP contribution is -2.02. The molecular formula is C42H71NS2. The van der Waals surface area contributed by atoms with Gasteiger partial charge in [-0.25, -0.2) is 4.98 Å². The molecule has 1 aromatic rings. The van der Waals surface area contributed by atoms with Gasteiger partial charge in [0.1, 0.15) is 5.03 Å². The van der Waals surface area contributed by atoms with Crippen LogP contribution < -0.4 is 0 Å². The van der Waals surface area contributed by atoms with Crippen molar-refractivity contribution in [2.45, 2.75) is 191 Å². The fourth-order valence-electron chi connectivity index (χ4n) is 5.47. The molecule has 0 aromatic carbocycles. The number of allylic oxidation sites excluding steroid dienone is 8. The molecule has 0 N–H and O–H groups in total. The van der Waals surface area contributed by atoms with Gasteiger partial charge in [-0.3, -0.25) is 0 Å². The van der Waals surface area contributed by atoms with E-state index in [4.69, 9.17) is 0 Å². The van der Waals surface area contributed by atoms with Crippen molar-refractivity contribution < 1.29 is 0 Å². The molecule has 0 atom stereocenters. The summed E-state index contributed by atoms with van der Waals surface area (Å²) in [7, 11) is 3.97. The van der Waals surface area contributed by atoms with Gasteiger partial charge in [-0.2, -0.15) is 0 Å². The summed E-state index contributed by atoms with van der Waals surface area (Å²) < 4.78 is 0. The van der Waals surface area contributed by atoms with Gasteiger partial charge in [0.05, 0.1) is 0 Å². The Morgan fingerprint density at radius 1 is 0.511 bits per heavy atom. The molecule has 256 valence electrons. The summed E-state index contributed by atoms with van der Waals surface area (Å²) in [5, 5.41) is 1.91. The van der Waals surface area contributed by atoms with E-state index in [9.17, 15) is 0 Å². The third-order valence-corrected chi connectivity index (χ3v) is 11.2. The van der Waals surface area contributed by atoms with Crippen molar-refractivity contribution in [3.63, 3.8) is 0 Å². The predicted molar refractivity (Wildman–Crippen MR) is 209 cm³/mol. The largest absolute Gasteiger partial charge is 0.249 e. The maximum absolute atomic E-state index is 4.54. The van der Waals surface area contributed by atoms with Crippen molar-refractivity contribution in [2.24, 2.45) is 0 Å². The van der Waals surface area contributed by atoms with Crippen LogP contribution in [0.2, 0.25) is 0 Å². The Morgan fingerprint density at radius 2 is 0.933 bits per heavy atom. The molecule has 1 rings (SSSR count). The number of pyridine rings is 1. The first-order valence-electron chi connectivity index (χ1n) is 19.2. The highest BCUT2D eigenvalue weighted by atomic mass is 33.1. The van der Waals surface area contributed by atoms with Crippen LogP contribution in [0.3, 0.4) is 0 Å². The number of aromatic nitrogens is 1. The summed E-state index contributed by atoms with van der Waals surface area (Å²) in [6.45, 7) is 4.54. The lowest BCUT2D eigenvalue weighted by Gasteiger charge is -2.15. The van der Waals surface area contributed by atoms with Gasteiger partial charge in [0, 0.05) is 11.4 Å². The van der Waals surface area contributed by atoms with E-state index in [0.29, 0.717) is 0 Å². The average Bonchev–Trinajstić information content (AvgIpc) is 3.06. The molecule has 0 amide bonds. The van der Waals surface area contributed by atoms with Crippen LogP contribution >= 0.6 is 21.6 Å². The number of hydrogen-bond donors (Lipinski definition) is 0. The highest BCUT2D eigenvalue weighted by Gasteiger charge is 2.11. The third kappa shape index (κ3) is 31.2. The van der Waals surface area contributed by atoms with Crippen LogP contribution in [0.4, 0.5) is 0 Å². The van der Waals surface area contributed by atoms with Crippen LogP contribution in [0, 0.1) is 0 Å². The summed E-state index contributed by atoms with van der Waals surface area (Å²) in [6, 6.07) is 6.27. The monoisotopic (exact) mass is 654 g/mol. The van der Waals surface area contributed by atoms with Gasteiger partial charge < -0.3 is 0 Å². The topological polar surface area (TPSA) is 12.9 Å². The van der Waals surface area contributed by atoms with E-state index >= 15 is 0 Å². The Hall–Kier alpha value is -1.19. The van der Waals surface area contributed by atoms with Gasteiger partial charge in [-0.05, 0) is 100.0 Å². The molecule has 0 spiro atoms. The molecule has 0 saturated heterocycles. The zero-order chi connectivity index (χ0) is 32.1. The van der Waals surface area contributed by atoms with Crippen LogP contribution in [-0.2, 0) is 0 Å². The quantitative estimate of drug-likeness (QED) is 0.0426. The first-order valence-corrected chi connectivity index (χ1v) is 21.4. The lowest BCUT2D eigenvalue weighted by atomic mass is 10.0. The Balaban J connectivity index is 2.09. The van der Waals surface area contributed by atoms with Crippen molar-refractivity contribution in [3.8, 4) is 0 Å². The van der Waals surface area contributed by atoms with Crippen molar-refractivity contribution in [2.75, 3.05) is 0 Å². The Bertz CT molecular complexity index is 780. The fourth-order valence-corrected chi connectivity index (χ4v) is 8.05. The second-order valence-corrected chi connectivity index (χ2v) is 15.2. The number of rotatable bonds is 33. The molecule has 45 heavy (non-hydrogen) atoms. The summed E-state index contributed by atoms with van der Waals surface area (Å²) in [4.78, 5) is 4.54. The minimum absolute atomic E-state index is 0.758. The predicted octanol–water partition coefficient (Wildman–Crippen LogP) is 15.6. The van der Waals surface area contributed by atoms with Gasteiger partial charge >= 0.3 is 0 Å². The molecule has 1 heterocycles. The zero-order valence-corrected chi connectivity index (χ0v) is 31.3. The van der Waals surface area contributed by atoms with Gasteiger partial charge in [-0.1, -0.05) is 169 Å². The molecule has 0 unspecified atom stereocenters. The normalized spacial score (nSPS) is 12.3. The standard InChI is InChI=1S/C42H71NS2/c1-3-5-7-9-11-13-15-17-19-21-23-25-27-29-31-33-37-41(44-45-42-39-35-36-40-43-42)38-34-32-30-28-26-24-22-20-18-16-14-12-10-8-6-4-2/h11-14,17-20,35-36,39-41H,3-10,15-16,21-34,37-38H2,1-2H3/b13-11-,14-12-,19-17-,20-18-. The molecule has 0 aliphatic heterocycles. The maximum Gasteiger partial charge on any atom is 0.106 e. The van der Waals surface area contributed by atoms with Crippen molar-refractivity contribution >= 4 is 21.6 Å². The zero-order valence-electron chi connectivity index (χ0n) is 29.7. The van der Waals surface area contributed by atoms with Gasteiger partial charge in [0.2, 0.25) is 0 Å². The summed E-state index contributed by atoms with van der Waals surface area (Å²) in [5.74, 6) is 0. The maximum atomic E-state index is 4.54. The van der Waals surface area contributed by atoms with E-state index in [-0.39, 0.29) is 0 Å². The van der Waals surface area contributed by atoms with Crippen LogP contribution in [-0.4, -0.2) is 10.2 Å². The summed E-state index contributed by atoms with van der Waals surface area (Å²) in [6.07, 6.45) is 55.4. The lowest BCUT2D eigenvalue weighted by molar-refractivity contribution is 0.539. The van der Waals surface area contributed by atoms with Gasteiger partial charge in [-0.15, -0.1) is 0 Å². The van der Waals surface area contributed by atoms with E-state index in [1.165, 1.54) is 154 Å². The minimum Gasteiger partial charge on any atom is -0.249 e. The number of unbranched alkanes of at least 4 members (excludes halogenated alkanes) is 18. The van der Waals surface area contributed by atoms with Crippen LogP contribution in [0.1, 0.15) is 181 Å². The van der Waals surface area contributed by atoms with Crippen molar-refractivity contribution in [1.29, 1.82) is 0 Å². The Labute approximate surface area is 289 Å². The Kier molecular flexibility index (Phi) is 33.2. The SMILES string of the molecule is CCCCC/C=C\C/C=C\CCCCCCCCC(CCCCCCCC/C=C\C/C=C\CCCCC)SSc1ccccn1. The second-order valence-electron chi connectivity index (χ2n) is 12.7. The first kappa shape index (κ1) is 41.8. The molecule has 0 aliphatic rings. The molecule has 3 heteroatoms. The first-order chi connectivity index (χ1) is 22.4. The van der Waals surface area contributed by atoms with Gasteiger partial charge in [0.25, 0.3) is 0 Å². The molecule has 0 aliphatic carbocycles. The second kappa shape index (κ2) is 35.7. The van der Waals surface area contributed by atoms with E-state index in [1.54, 1.807) is 0 Å². The Morgan fingerprint density at radius 3 is 1.36 bits per heavy atom. The third-order valence-electron chi connectivity index (χ3n) is 8.36. The minimum atomic E-state index is 0.758. The number of hydrogen-bond acceptors (Lipinski definition) is 3. The smallest absolute Gasteiger partial charge is 0.106 e. The molecular weight excluding hydrogens is 583 g/mol. The average molecular weight is 654 g/mol. The fraction of sp³-hybridized carbons (Fsp3) is 0.690. The van der Waals surface area contributed by atoms with E-state index < -0.39 is 0 Å². The van der Waals surface area contributed by atoms with Gasteiger partial charge in [0.15, 0.2) is 0 Å². The molecule has 0 fully saturated rings. The van der Waals surface area contributed by atoms with Crippen LogP contribution in [0.25, 0.3) is 0 Å². The van der Waals surface area contributed by atoms with Crippen molar-refractivity contribution in [1.82, 2.24) is 4.98 Å². The molecule has 0 saturated carbocycles. The van der Waals surface area contributed by atoms with E-state index in [1.807, 2.05) is 23.1 Å². The van der Waals surface area contributed by atoms with Crippen LogP contribution in [0.5, 0.6) is 0 Å². The number of nitrogens with zero attached hydrogens (tertiary/aromatic N) is 1. The highest BCUT2D eigenvalue weighted by Crippen LogP contribution is 2.37. The van der Waals surface area contributed by atoms with Crippen molar-refractivity contribution in [3.05, 3.63) is 73.0 Å².